The molecule has 20 heavy (non-hydrogen) atoms. The molecule has 0 fully saturated rings. The topological polar surface area (TPSA) is 43.8 Å². The van der Waals surface area contributed by atoms with E-state index in [-0.39, 0.29) is 0 Å². The second-order valence-corrected chi connectivity index (χ2v) is 4.67. The number of rotatable bonds is 4. The monoisotopic (exact) mass is 303 g/mol. The van der Waals surface area contributed by atoms with Crippen molar-refractivity contribution in [3.63, 3.8) is 0 Å². The first-order chi connectivity index (χ1) is 9.43. The molecule has 0 saturated heterocycles. The second kappa shape index (κ2) is 5.85. The molecule has 1 aromatic carbocycles. The zero-order chi connectivity index (χ0) is 14.8. The van der Waals surface area contributed by atoms with Gasteiger partial charge in [0, 0.05) is 5.56 Å². The van der Waals surface area contributed by atoms with Crippen LogP contribution in [0.25, 0.3) is 5.69 Å². The van der Waals surface area contributed by atoms with Gasteiger partial charge in [0.2, 0.25) is 0 Å². The molecule has 0 bridgehead atoms. The molecule has 0 radical (unpaired) electrons. The van der Waals surface area contributed by atoms with Gasteiger partial charge in [-0.2, -0.15) is 18.3 Å². The van der Waals surface area contributed by atoms with Crippen molar-refractivity contribution in [2.45, 2.75) is 19.0 Å². The van der Waals surface area contributed by atoms with Gasteiger partial charge in [0.15, 0.2) is 0 Å². The largest absolute Gasteiger partial charge is 0.416 e. The minimum atomic E-state index is -4.35. The smallest absolute Gasteiger partial charge is 0.330 e. The Balaban J connectivity index is 2.26. The summed E-state index contributed by atoms with van der Waals surface area (Å²) in [5.74, 6) is 0. The third-order valence-corrected chi connectivity index (χ3v) is 3.27. The van der Waals surface area contributed by atoms with Crippen LogP contribution in [0.4, 0.5) is 13.2 Å². The molecule has 3 nitrogen and oxygen atoms in total. The number of alkyl halides is 3. The van der Waals surface area contributed by atoms with Crippen LogP contribution in [0.5, 0.6) is 0 Å². The first-order valence-corrected chi connectivity index (χ1v) is 6.41. The summed E-state index contributed by atoms with van der Waals surface area (Å²) in [4.78, 5) is 0. The molecule has 0 atom stereocenters. The lowest BCUT2D eigenvalue weighted by molar-refractivity contribution is -0.137. The number of hydrogen-bond donors (Lipinski definition) is 1. The third kappa shape index (κ3) is 3.13. The van der Waals surface area contributed by atoms with Crippen molar-refractivity contribution in [1.29, 1.82) is 0 Å². The van der Waals surface area contributed by atoms with E-state index in [1.807, 2.05) is 0 Å². The summed E-state index contributed by atoms with van der Waals surface area (Å²) in [5.41, 5.74) is 6.04. The lowest BCUT2D eigenvalue weighted by Gasteiger charge is -2.08. The molecule has 2 rings (SSSR count). The molecule has 0 aliphatic heterocycles. The number of nitrogens with zero attached hydrogens (tertiary/aromatic N) is 2. The number of benzene rings is 1. The number of aromatic nitrogens is 2. The predicted molar refractivity (Wildman–Crippen MR) is 71.0 cm³/mol. The fraction of sp³-hybridized carbons (Fsp3) is 0.308. The molecule has 0 aliphatic rings. The summed E-state index contributed by atoms with van der Waals surface area (Å²) in [6.45, 7) is 0.543. The van der Waals surface area contributed by atoms with Gasteiger partial charge < -0.3 is 5.73 Å². The zero-order valence-corrected chi connectivity index (χ0v) is 11.2. The van der Waals surface area contributed by atoms with E-state index in [0.29, 0.717) is 23.8 Å². The van der Waals surface area contributed by atoms with Crippen LogP contribution in [-0.4, -0.2) is 16.3 Å². The first kappa shape index (κ1) is 14.9. The van der Waals surface area contributed by atoms with Gasteiger partial charge in [0.1, 0.15) is 5.15 Å². The highest BCUT2D eigenvalue weighted by atomic mass is 35.5. The fourth-order valence-corrected chi connectivity index (χ4v) is 2.08. The van der Waals surface area contributed by atoms with Gasteiger partial charge in [-0.05, 0) is 43.7 Å². The Bertz CT molecular complexity index is 576. The summed E-state index contributed by atoms with van der Waals surface area (Å²) < 4.78 is 38.9. The molecule has 0 spiro atoms. The van der Waals surface area contributed by atoms with Crippen molar-refractivity contribution in [2.24, 2.45) is 5.73 Å². The van der Waals surface area contributed by atoms with E-state index in [1.54, 1.807) is 6.20 Å². The summed E-state index contributed by atoms with van der Waals surface area (Å²) in [6, 6.07) is 4.70. The lowest BCUT2D eigenvalue weighted by atomic mass is 10.2. The van der Waals surface area contributed by atoms with Crippen LogP contribution < -0.4 is 5.73 Å². The van der Waals surface area contributed by atoms with Crippen LogP contribution in [0.15, 0.2) is 30.5 Å². The summed E-state index contributed by atoms with van der Waals surface area (Å²) in [6.07, 6.45) is -1.28. The molecular weight excluding hydrogens is 291 g/mol. The molecule has 2 aromatic rings. The average molecular weight is 304 g/mol. The number of aryl methyl sites for hydroxylation is 1. The van der Waals surface area contributed by atoms with Gasteiger partial charge in [-0.25, -0.2) is 4.68 Å². The van der Waals surface area contributed by atoms with Crippen LogP contribution in [-0.2, 0) is 12.6 Å². The van der Waals surface area contributed by atoms with E-state index in [1.165, 1.54) is 16.8 Å². The maximum Gasteiger partial charge on any atom is 0.416 e. The maximum atomic E-state index is 12.5. The van der Waals surface area contributed by atoms with E-state index < -0.39 is 11.7 Å². The molecule has 0 unspecified atom stereocenters. The third-order valence-electron chi connectivity index (χ3n) is 2.87. The highest BCUT2D eigenvalue weighted by Crippen LogP contribution is 2.30. The van der Waals surface area contributed by atoms with Crippen molar-refractivity contribution in [1.82, 2.24) is 9.78 Å². The van der Waals surface area contributed by atoms with Crippen molar-refractivity contribution in [3.8, 4) is 5.69 Å². The summed E-state index contributed by atoms with van der Waals surface area (Å²) >= 11 is 6.16. The molecule has 0 saturated carbocycles. The van der Waals surface area contributed by atoms with Crippen molar-refractivity contribution in [3.05, 3.63) is 46.7 Å². The average Bonchev–Trinajstić information content (AvgIpc) is 2.77. The molecule has 1 aromatic heterocycles. The minimum absolute atomic E-state index is 0.401. The maximum absolute atomic E-state index is 12.5. The van der Waals surface area contributed by atoms with Gasteiger partial charge in [-0.1, -0.05) is 11.6 Å². The van der Waals surface area contributed by atoms with Crippen molar-refractivity contribution >= 4 is 11.6 Å². The fourth-order valence-electron chi connectivity index (χ4n) is 1.80. The van der Waals surface area contributed by atoms with Gasteiger partial charge in [0.25, 0.3) is 0 Å². The van der Waals surface area contributed by atoms with Gasteiger partial charge in [-0.3, -0.25) is 0 Å². The van der Waals surface area contributed by atoms with E-state index in [0.717, 1.165) is 24.1 Å². The highest BCUT2D eigenvalue weighted by molar-refractivity contribution is 6.30. The van der Waals surface area contributed by atoms with Crippen LogP contribution in [0.3, 0.4) is 0 Å². The Labute approximate surface area is 119 Å². The molecule has 1 heterocycles. The van der Waals surface area contributed by atoms with Crippen molar-refractivity contribution < 1.29 is 13.2 Å². The van der Waals surface area contributed by atoms with Crippen LogP contribution in [0.2, 0.25) is 5.15 Å². The standard InChI is InChI=1S/C13H13ClF3N3/c14-12-9(2-1-7-18)8-19-20(12)11-5-3-10(4-6-11)13(15,16)17/h3-6,8H,1-2,7,18H2. The van der Waals surface area contributed by atoms with E-state index in [2.05, 4.69) is 5.10 Å². The Morgan fingerprint density at radius 1 is 1.20 bits per heavy atom. The molecule has 108 valence electrons. The molecule has 7 heteroatoms. The number of nitrogens with two attached hydrogens (primary N) is 1. The molecular formula is C13H13ClF3N3. The normalized spacial score (nSPS) is 11.8. The SMILES string of the molecule is NCCCc1cnn(-c2ccc(C(F)(F)F)cc2)c1Cl. The van der Waals surface area contributed by atoms with Crippen LogP contribution >= 0.6 is 11.6 Å². The second-order valence-electron chi connectivity index (χ2n) is 4.31. The summed E-state index contributed by atoms with van der Waals surface area (Å²) in [7, 11) is 0. The van der Waals surface area contributed by atoms with Crippen LogP contribution in [0, 0.1) is 0 Å². The molecule has 2 N–H and O–H groups in total. The quantitative estimate of drug-likeness (QED) is 0.940. The minimum Gasteiger partial charge on any atom is -0.330 e. The predicted octanol–water partition coefficient (Wildman–Crippen LogP) is 3.44. The van der Waals surface area contributed by atoms with E-state index >= 15 is 0 Å². The Morgan fingerprint density at radius 2 is 1.85 bits per heavy atom. The Kier molecular flexibility index (Phi) is 4.35. The van der Waals surface area contributed by atoms with E-state index in [9.17, 15) is 13.2 Å². The Hall–Kier alpha value is -1.53. The Morgan fingerprint density at radius 3 is 2.40 bits per heavy atom. The van der Waals surface area contributed by atoms with Gasteiger partial charge >= 0.3 is 6.18 Å². The number of halogens is 4. The summed E-state index contributed by atoms with van der Waals surface area (Å²) in [5, 5.41) is 4.49. The van der Waals surface area contributed by atoms with E-state index in [4.69, 9.17) is 17.3 Å². The zero-order valence-electron chi connectivity index (χ0n) is 10.5. The lowest BCUT2D eigenvalue weighted by Crippen LogP contribution is -2.05. The molecule has 0 amide bonds. The highest BCUT2D eigenvalue weighted by Gasteiger charge is 2.30. The van der Waals surface area contributed by atoms with Gasteiger partial charge in [0.05, 0.1) is 17.4 Å². The number of hydrogen-bond acceptors (Lipinski definition) is 2. The molecule has 0 aliphatic carbocycles. The van der Waals surface area contributed by atoms with Crippen molar-refractivity contribution in [2.75, 3.05) is 6.54 Å². The van der Waals surface area contributed by atoms with Gasteiger partial charge in [-0.15, -0.1) is 0 Å². The van der Waals surface area contributed by atoms with Crippen LogP contribution in [0.1, 0.15) is 17.5 Å². The first-order valence-electron chi connectivity index (χ1n) is 6.03.